The second-order valence-corrected chi connectivity index (χ2v) is 4.41. The summed E-state index contributed by atoms with van der Waals surface area (Å²) in [5, 5.41) is 20.2. The lowest BCUT2D eigenvalue weighted by Gasteiger charge is -2.05. The highest BCUT2D eigenvalue weighted by Gasteiger charge is 2.16. The molecule has 2 amide bonds. The summed E-state index contributed by atoms with van der Waals surface area (Å²) in [6.07, 6.45) is 1.50. The number of nitrogens with one attached hydrogen (secondary N) is 1. The van der Waals surface area contributed by atoms with Gasteiger partial charge in [-0.1, -0.05) is 0 Å². The number of aromatic carboxylic acids is 1. The fourth-order valence-electron chi connectivity index (χ4n) is 1.72. The van der Waals surface area contributed by atoms with Crippen LogP contribution in [-0.2, 0) is 0 Å². The van der Waals surface area contributed by atoms with Gasteiger partial charge in [0.05, 0.1) is 11.1 Å². The van der Waals surface area contributed by atoms with Gasteiger partial charge < -0.3 is 10.2 Å². The molecule has 0 saturated heterocycles. The minimum atomic E-state index is -1.23. The van der Waals surface area contributed by atoms with Crippen LogP contribution in [0.1, 0.15) is 41.6 Å². The SMILES string of the molecule is O=Cc1cc(C(=O)NC(=O)c2cc(C(=O)O)ccn2)ccc1O. The van der Waals surface area contributed by atoms with E-state index in [0.29, 0.717) is 6.29 Å². The zero-order valence-corrected chi connectivity index (χ0v) is 11.5. The monoisotopic (exact) mass is 314 g/mol. The lowest BCUT2D eigenvalue weighted by Crippen LogP contribution is -2.31. The van der Waals surface area contributed by atoms with Crippen molar-refractivity contribution in [1.29, 1.82) is 0 Å². The third kappa shape index (κ3) is 3.56. The third-order valence-corrected chi connectivity index (χ3v) is 2.88. The number of carboxylic acids is 1. The molecular formula is C15H10N2O6. The number of carbonyl (C=O) groups is 4. The molecule has 0 aliphatic carbocycles. The smallest absolute Gasteiger partial charge is 0.335 e. The summed E-state index contributed by atoms with van der Waals surface area (Å²) in [4.78, 5) is 49.1. The summed E-state index contributed by atoms with van der Waals surface area (Å²) < 4.78 is 0. The molecule has 8 heteroatoms. The van der Waals surface area contributed by atoms with Crippen LogP contribution in [0, 0.1) is 0 Å². The van der Waals surface area contributed by atoms with Crippen LogP contribution in [-0.4, -0.2) is 39.3 Å². The van der Waals surface area contributed by atoms with Gasteiger partial charge in [-0.25, -0.2) is 4.79 Å². The molecule has 0 fully saturated rings. The number of aromatic nitrogens is 1. The number of phenols is 1. The van der Waals surface area contributed by atoms with Crippen LogP contribution in [0.5, 0.6) is 5.75 Å². The first-order valence-electron chi connectivity index (χ1n) is 6.25. The quantitative estimate of drug-likeness (QED) is 0.563. The Morgan fingerprint density at radius 1 is 1.04 bits per heavy atom. The number of rotatable bonds is 4. The summed E-state index contributed by atoms with van der Waals surface area (Å²) in [6.45, 7) is 0. The Hall–Kier alpha value is -3.55. The van der Waals surface area contributed by atoms with Gasteiger partial charge >= 0.3 is 5.97 Å². The fraction of sp³-hybridized carbons (Fsp3) is 0. The van der Waals surface area contributed by atoms with Crippen LogP contribution >= 0.6 is 0 Å². The Balaban J connectivity index is 2.20. The second kappa shape index (κ2) is 6.48. The highest BCUT2D eigenvalue weighted by atomic mass is 16.4. The van der Waals surface area contributed by atoms with Gasteiger partial charge in [0, 0.05) is 11.8 Å². The summed E-state index contributed by atoms with van der Waals surface area (Å²) in [6, 6.07) is 5.72. The zero-order valence-electron chi connectivity index (χ0n) is 11.5. The van der Waals surface area contributed by atoms with Gasteiger partial charge in [-0.3, -0.25) is 24.7 Å². The van der Waals surface area contributed by atoms with Gasteiger partial charge in [-0.05, 0) is 30.3 Å². The highest BCUT2D eigenvalue weighted by Crippen LogP contribution is 2.16. The third-order valence-electron chi connectivity index (χ3n) is 2.88. The van der Waals surface area contributed by atoms with E-state index in [4.69, 9.17) is 5.11 Å². The first-order valence-corrected chi connectivity index (χ1v) is 6.25. The van der Waals surface area contributed by atoms with E-state index in [-0.39, 0.29) is 28.1 Å². The summed E-state index contributed by atoms with van der Waals surface area (Å²) in [5.74, 6) is -3.24. The van der Waals surface area contributed by atoms with Crippen molar-refractivity contribution in [2.75, 3.05) is 0 Å². The second-order valence-electron chi connectivity index (χ2n) is 4.41. The van der Waals surface area contributed by atoms with Crippen molar-refractivity contribution >= 4 is 24.1 Å². The fourth-order valence-corrected chi connectivity index (χ4v) is 1.72. The molecule has 1 heterocycles. The number of nitrogens with zero attached hydrogens (tertiary/aromatic N) is 1. The molecule has 116 valence electrons. The Morgan fingerprint density at radius 2 is 1.78 bits per heavy atom. The van der Waals surface area contributed by atoms with E-state index in [9.17, 15) is 24.3 Å². The Bertz CT molecular complexity index is 815. The van der Waals surface area contributed by atoms with E-state index in [0.717, 1.165) is 24.4 Å². The Kier molecular flexibility index (Phi) is 4.46. The molecule has 1 aromatic carbocycles. The lowest BCUT2D eigenvalue weighted by atomic mass is 10.1. The average molecular weight is 314 g/mol. The van der Waals surface area contributed by atoms with Crippen molar-refractivity contribution in [3.05, 3.63) is 58.9 Å². The van der Waals surface area contributed by atoms with Crippen LogP contribution in [0.2, 0.25) is 0 Å². The van der Waals surface area contributed by atoms with Gasteiger partial charge in [0.2, 0.25) is 0 Å². The van der Waals surface area contributed by atoms with Crippen molar-refractivity contribution in [2.45, 2.75) is 0 Å². The predicted molar refractivity (Wildman–Crippen MR) is 76.5 cm³/mol. The molecule has 0 spiro atoms. The molecule has 0 unspecified atom stereocenters. The van der Waals surface area contributed by atoms with E-state index in [1.165, 1.54) is 12.1 Å². The first kappa shape index (κ1) is 15.8. The van der Waals surface area contributed by atoms with E-state index in [1.807, 2.05) is 5.32 Å². The number of aldehydes is 1. The molecule has 8 nitrogen and oxygen atoms in total. The molecule has 0 radical (unpaired) electrons. The molecule has 23 heavy (non-hydrogen) atoms. The molecule has 2 aromatic rings. The summed E-state index contributed by atoms with van der Waals surface area (Å²) >= 11 is 0. The molecule has 2 rings (SSSR count). The van der Waals surface area contributed by atoms with E-state index < -0.39 is 17.8 Å². The van der Waals surface area contributed by atoms with Crippen LogP contribution in [0.3, 0.4) is 0 Å². The van der Waals surface area contributed by atoms with Crippen molar-refractivity contribution < 1.29 is 29.4 Å². The largest absolute Gasteiger partial charge is 0.507 e. The first-order chi connectivity index (χ1) is 10.9. The summed E-state index contributed by atoms with van der Waals surface area (Å²) in [7, 11) is 0. The normalized spacial score (nSPS) is 9.91. The van der Waals surface area contributed by atoms with Crippen LogP contribution in [0.15, 0.2) is 36.5 Å². The molecule has 3 N–H and O–H groups in total. The number of aromatic hydroxyl groups is 1. The molecule has 0 aliphatic rings. The van der Waals surface area contributed by atoms with E-state index in [2.05, 4.69) is 4.98 Å². The number of hydrogen-bond donors (Lipinski definition) is 3. The van der Waals surface area contributed by atoms with Gasteiger partial charge in [-0.15, -0.1) is 0 Å². The number of amides is 2. The van der Waals surface area contributed by atoms with Crippen molar-refractivity contribution in [1.82, 2.24) is 10.3 Å². The van der Waals surface area contributed by atoms with Crippen molar-refractivity contribution in [3.63, 3.8) is 0 Å². The van der Waals surface area contributed by atoms with Gasteiger partial charge in [0.15, 0.2) is 6.29 Å². The number of phenolic OH excluding ortho intramolecular Hbond substituents is 1. The molecule has 0 atom stereocenters. The minimum Gasteiger partial charge on any atom is -0.507 e. The zero-order chi connectivity index (χ0) is 17.0. The van der Waals surface area contributed by atoms with Crippen LogP contribution in [0.25, 0.3) is 0 Å². The Morgan fingerprint density at radius 3 is 2.43 bits per heavy atom. The highest BCUT2D eigenvalue weighted by molar-refractivity contribution is 6.10. The molecule has 0 bridgehead atoms. The van der Waals surface area contributed by atoms with Gasteiger partial charge in [0.25, 0.3) is 11.8 Å². The van der Waals surface area contributed by atoms with Gasteiger partial charge in [-0.2, -0.15) is 0 Å². The molecule has 0 aliphatic heterocycles. The van der Waals surface area contributed by atoms with E-state index >= 15 is 0 Å². The molecule has 1 aromatic heterocycles. The van der Waals surface area contributed by atoms with Crippen molar-refractivity contribution in [2.24, 2.45) is 0 Å². The number of imide groups is 1. The maximum absolute atomic E-state index is 12.0. The number of benzene rings is 1. The maximum Gasteiger partial charge on any atom is 0.335 e. The molecule has 0 saturated carbocycles. The number of hydrogen-bond acceptors (Lipinski definition) is 6. The van der Waals surface area contributed by atoms with Crippen LogP contribution in [0.4, 0.5) is 0 Å². The molecular weight excluding hydrogens is 304 g/mol. The standard InChI is InChI=1S/C15H10N2O6/c18-7-10-5-8(1-2-12(10)19)13(20)17-14(21)11-6-9(15(22)23)3-4-16-11/h1-7,19H,(H,22,23)(H,17,20,21). The number of pyridine rings is 1. The topological polar surface area (TPSA) is 134 Å². The minimum absolute atomic E-state index is 0.0207. The Labute approximate surface area is 129 Å². The summed E-state index contributed by atoms with van der Waals surface area (Å²) in [5.41, 5.74) is -0.512. The van der Waals surface area contributed by atoms with E-state index in [1.54, 1.807) is 0 Å². The maximum atomic E-state index is 12.0. The average Bonchev–Trinajstić information content (AvgIpc) is 2.55. The lowest BCUT2D eigenvalue weighted by molar-refractivity contribution is 0.0696. The van der Waals surface area contributed by atoms with Crippen LogP contribution < -0.4 is 5.32 Å². The van der Waals surface area contributed by atoms with Gasteiger partial charge in [0.1, 0.15) is 11.4 Å². The number of carboxylic acid groups (broad SMARTS) is 1. The van der Waals surface area contributed by atoms with Crippen molar-refractivity contribution in [3.8, 4) is 5.75 Å². The predicted octanol–water partition coefficient (Wildman–Crippen LogP) is 0.868. The number of carbonyl (C=O) groups excluding carboxylic acids is 3.